The number of anilines is 1. The topological polar surface area (TPSA) is 63.7 Å². The van der Waals surface area contributed by atoms with E-state index in [0.29, 0.717) is 18.8 Å². The zero-order valence-electron chi connectivity index (χ0n) is 17.5. The van der Waals surface area contributed by atoms with Crippen LogP contribution in [0.15, 0.2) is 48.5 Å². The van der Waals surface area contributed by atoms with Crippen molar-refractivity contribution in [3.05, 3.63) is 59.7 Å². The molecule has 1 atom stereocenters. The number of aryl methyl sites for hydroxylation is 2. The highest BCUT2D eigenvalue weighted by Gasteiger charge is 2.35. The van der Waals surface area contributed by atoms with Gasteiger partial charge in [-0.25, -0.2) is 8.42 Å². The Morgan fingerprint density at radius 3 is 2.63 bits per heavy atom. The largest absolute Gasteiger partial charge is 0.493 e. The second-order valence-corrected chi connectivity index (χ2v) is 11.0. The molecule has 0 aromatic heterocycles. The summed E-state index contributed by atoms with van der Waals surface area (Å²) in [6.45, 7) is 4.68. The van der Waals surface area contributed by atoms with Gasteiger partial charge in [0, 0.05) is 5.69 Å². The predicted octanol–water partition coefficient (Wildman–Crippen LogP) is 4.03. The van der Waals surface area contributed by atoms with Crippen LogP contribution in [-0.2, 0) is 14.6 Å². The Morgan fingerprint density at radius 1 is 1.17 bits per heavy atom. The maximum atomic E-state index is 13.0. The molecule has 3 rings (SSSR count). The van der Waals surface area contributed by atoms with Crippen LogP contribution in [0.5, 0.6) is 5.75 Å². The Balaban J connectivity index is 1.49. The summed E-state index contributed by atoms with van der Waals surface area (Å²) in [5.41, 5.74) is 3.06. The van der Waals surface area contributed by atoms with Gasteiger partial charge in [-0.05, 0) is 61.8 Å². The molecule has 0 N–H and O–H groups in total. The molecule has 5 nitrogen and oxygen atoms in total. The molecule has 0 aliphatic carbocycles. The van der Waals surface area contributed by atoms with Crippen LogP contribution in [-0.4, -0.2) is 50.0 Å². The molecule has 1 unspecified atom stereocenters. The van der Waals surface area contributed by atoms with Gasteiger partial charge in [0.25, 0.3) is 0 Å². The SMILES string of the molecule is Cc1ccc(C)c(OCCCSCC(=O)N(c2ccccc2)C2CCS(=O)(=O)C2)c1. The summed E-state index contributed by atoms with van der Waals surface area (Å²) >= 11 is 1.56. The molecule has 1 heterocycles. The van der Waals surface area contributed by atoms with Crippen LogP contribution in [0, 0.1) is 13.8 Å². The molecule has 30 heavy (non-hydrogen) atoms. The Bertz CT molecular complexity index is 960. The lowest BCUT2D eigenvalue weighted by Crippen LogP contribution is -2.42. The van der Waals surface area contributed by atoms with Gasteiger partial charge in [0.05, 0.1) is 29.9 Å². The van der Waals surface area contributed by atoms with Gasteiger partial charge in [0.1, 0.15) is 5.75 Å². The fraction of sp³-hybridized carbons (Fsp3) is 0.435. The van der Waals surface area contributed by atoms with Crippen molar-refractivity contribution in [3.8, 4) is 5.75 Å². The Labute approximate surface area is 183 Å². The lowest BCUT2D eigenvalue weighted by atomic mass is 10.1. The average Bonchev–Trinajstić information content (AvgIpc) is 3.07. The number of carbonyl (C=O) groups excluding carboxylic acids is 1. The van der Waals surface area contributed by atoms with E-state index in [-0.39, 0.29) is 23.5 Å². The first-order valence-corrected chi connectivity index (χ1v) is 13.2. The summed E-state index contributed by atoms with van der Waals surface area (Å²) < 4.78 is 29.7. The maximum Gasteiger partial charge on any atom is 0.237 e. The van der Waals surface area contributed by atoms with Gasteiger partial charge in [-0.3, -0.25) is 4.79 Å². The first-order valence-electron chi connectivity index (χ1n) is 10.2. The number of sulfone groups is 1. The minimum absolute atomic E-state index is 0.0382. The molecule has 0 bridgehead atoms. The van der Waals surface area contributed by atoms with Crippen molar-refractivity contribution in [1.29, 1.82) is 0 Å². The van der Waals surface area contributed by atoms with Crippen molar-refractivity contribution >= 4 is 33.2 Å². The van der Waals surface area contributed by atoms with E-state index >= 15 is 0 Å². The molecule has 2 aromatic carbocycles. The van der Waals surface area contributed by atoms with E-state index in [1.807, 2.05) is 50.2 Å². The molecule has 1 fully saturated rings. The smallest absolute Gasteiger partial charge is 0.237 e. The second kappa shape index (κ2) is 10.4. The highest BCUT2D eigenvalue weighted by atomic mass is 32.2. The lowest BCUT2D eigenvalue weighted by molar-refractivity contribution is -0.116. The molecule has 2 aromatic rings. The van der Waals surface area contributed by atoms with Gasteiger partial charge < -0.3 is 9.64 Å². The number of nitrogens with zero attached hydrogens (tertiary/aromatic N) is 1. The van der Waals surface area contributed by atoms with Gasteiger partial charge in [0.15, 0.2) is 9.84 Å². The summed E-state index contributed by atoms with van der Waals surface area (Å²) in [4.78, 5) is 14.6. The molecule has 162 valence electrons. The normalized spacial score (nSPS) is 17.6. The summed E-state index contributed by atoms with van der Waals surface area (Å²) in [5, 5.41) is 0. The number of ether oxygens (including phenoxy) is 1. The molecule has 1 aliphatic rings. The standard InChI is InChI=1S/C23H29NO4S2/c1-18-9-10-19(2)22(15-18)28-12-6-13-29-16-23(25)24(20-7-4-3-5-8-20)21-11-14-30(26,27)17-21/h3-5,7-10,15,21H,6,11-14,16-17H2,1-2H3. The first-order chi connectivity index (χ1) is 14.4. The zero-order valence-corrected chi connectivity index (χ0v) is 19.2. The number of hydrogen-bond donors (Lipinski definition) is 0. The number of hydrogen-bond acceptors (Lipinski definition) is 5. The van der Waals surface area contributed by atoms with Gasteiger partial charge in [-0.2, -0.15) is 11.8 Å². The lowest BCUT2D eigenvalue weighted by Gasteiger charge is -2.28. The molecular weight excluding hydrogens is 418 g/mol. The third-order valence-corrected chi connectivity index (χ3v) is 7.92. The van der Waals surface area contributed by atoms with Gasteiger partial charge in [-0.15, -0.1) is 0 Å². The van der Waals surface area contributed by atoms with Crippen LogP contribution in [0.3, 0.4) is 0 Å². The van der Waals surface area contributed by atoms with E-state index in [9.17, 15) is 13.2 Å². The molecule has 1 aliphatic heterocycles. The molecule has 7 heteroatoms. The van der Waals surface area contributed by atoms with Gasteiger partial charge >= 0.3 is 0 Å². The van der Waals surface area contributed by atoms with E-state index in [4.69, 9.17) is 4.74 Å². The van der Waals surface area contributed by atoms with E-state index in [2.05, 4.69) is 12.1 Å². The van der Waals surface area contributed by atoms with E-state index < -0.39 is 9.84 Å². The highest BCUT2D eigenvalue weighted by Crippen LogP contribution is 2.25. The third kappa shape index (κ3) is 6.25. The molecule has 0 saturated carbocycles. The monoisotopic (exact) mass is 447 g/mol. The van der Waals surface area contributed by atoms with Crippen molar-refractivity contribution in [2.75, 3.05) is 34.5 Å². The third-order valence-electron chi connectivity index (χ3n) is 5.14. The number of thioether (sulfide) groups is 1. The van der Waals surface area contributed by atoms with Crippen molar-refractivity contribution in [2.45, 2.75) is 32.7 Å². The van der Waals surface area contributed by atoms with Crippen LogP contribution in [0.1, 0.15) is 24.0 Å². The fourth-order valence-corrected chi connectivity index (χ4v) is 6.04. The van der Waals surface area contributed by atoms with Crippen molar-refractivity contribution in [1.82, 2.24) is 0 Å². The molecule has 1 amide bonds. The van der Waals surface area contributed by atoms with Gasteiger partial charge in [-0.1, -0.05) is 30.3 Å². The minimum Gasteiger partial charge on any atom is -0.493 e. The van der Waals surface area contributed by atoms with Crippen LogP contribution >= 0.6 is 11.8 Å². The Morgan fingerprint density at radius 2 is 1.93 bits per heavy atom. The summed E-state index contributed by atoms with van der Waals surface area (Å²) in [6.07, 6.45) is 1.34. The Kier molecular flexibility index (Phi) is 7.83. The molecule has 0 spiro atoms. The quantitative estimate of drug-likeness (QED) is 0.543. The number of para-hydroxylation sites is 1. The van der Waals surface area contributed by atoms with E-state index in [0.717, 1.165) is 29.2 Å². The maximum absolute atomic E-state index is 13.0. The Hall–Kier alpha value is -1.99. The van der Waals surface area contributed by atoms with Crippen molar-refractivity contribution < 1.29 is 17.9 Å². The summed E-state index contributed by atoms with van der Waals surface area (Å²) in [6, 6.07) is 15.3. The number of amides is 1. The van der Waals surface area contributed by atoms with Crippen LogP contribution in [0.4, 0.5) is 5.69 Å². The van der Waals surface area contributed by atoms with Crippen molar-refractivity contribution in [2.24, 2.45) is 0 Å². The van der Waals surface area contributed by atoms with Crippen LogP contribution in [0.25, 0.3) is 0 Å². The fourth-order valence-electron chi connectivity index (χ4n) is 3.56. The number of carbonyl (C=O) groups is 1. The van der Waals surface area contributed by atoms with E-state index in [1.165, 1.54) is 5.56 Å². The van der Waals surface area contributed by atoms with Crippen molar-refractivity contribution in [3.63, 3.8) is 0 Å². The molecule has 1 saturated heterocycles. The highest BCUT2D eigenvalue weighted by molar-refractivity contribution is 7.99. The summed E-state index contributed by atoms with van der Waals surface area (Å²) in [5.74, 6) is 2.20. The van der Waals surface area contributed by atoms with Gasteiger partial charge in [0.2, 0.25) is 5.91 Å². The first kappa shape index (κ1) is 22.7. The molecule has 0 radical (unpaired) electrons. The summed E-state index contributed by atoms with van der Waals surface area (Å²) in [7, 11) is -3.06. The van der Waals surface area contributed by atoms with Crippen LogP contribution < -0.4 is 9.64 Å². The number of rotatable bonds is 9. The van der Waals surface area contributed by atoms with E-state index in [1.54, 1.807) is 16.7 Å². The second-order valence-electron chi connectivity index (χ2n) is 7.68. The number of benzene rings is 2. The van der Waals surface area contributed by atoms with Crippen LogP contribution in [0.2, 0.25) is 0 Å². The molecular formula is C23H29NO4S2. The minimum atomic E-state index is -3.06. The zero-order chi connectivity index (χ0) is 21.6. The average molecular weight is 448 g/mol. The predicted molar refractivity (Wildman–Crippen MR) is 124 cm³/mol.